The standard InChI is InChI=1S/C33H22BNO2/c1-20-7-3-5-9-25(20)23-11-13-27-29(17-23)36-31-15-22(19-35)16-32-33(31)34(27)28-14-12-24(18-30(28)37-32)26-10-6-4-8-21(26)2/h3-18H,1-2H3. The summed E-state index contributed by atoms with van der Waals surface area (Å²) in [5.41, 5.74) is 10.7. The van der Waals surface area contributed by atoms with Crippen LogP contribution in [0.3, 0.4) is 0 Å². The molecule has 3 nitrogen and oxygen atoms in total. The van der Waals surface area contributed by atoms with Gasteiger partial charge >= 0.3 is 0 Å². The molecule has 0 atom stereocenters. The van der Waals surface area contributed by atoms with E-state index >= 15 is 0 Å². The van der Waals surface area contributed by atoms with Gasteiger partial charge in [0.25, 0.3) is 6.71 Å². The molecule has 0 amide bonds. The van der Waals surface area contributed by atoms with E-state index in [1.807, 2.05) is 12.1 Å². The zero-order chi connectivity index (χ0) is 25.1. The second-order valence-corrected chi connectivity index (χ2v) is 9.77. The lowest BCUT2D eigenvalue weighted by Crippen LogP contribution is -2.57. The number of aryl methyl sites for hydroxylation is 2. The summed E-state index contributed by atoms with van der Waals surface area (Å²) in [6.45, 7) is 4.20. The van der Waals surface area contributed by atoms with Gasteiger partial charge in [-0.3, -0.25) is 0 Å². The van der Waals surface area contributed by atoms with Crippen molar-refractivity contribution in [3.05, 3.63) is 114 Å². The number of ether oxygens (including phenoxy) is 2. The number of hydrogen-bond acceptors (Lipinski definition) is 3. The molecule has 37 heavy (non-hydrogen) atoms. The summed E-state index contributed by atoms with van der Waals surface area (Å²) in [5.74, 6) is 2.99. The van der Waals surface area contributed by atoms with E-state index in [1.165, 1.54) is 22.3 Å². The van der Waals surface area contributed by atoms with Crippen LogP contribution >= 0.6 is 0 Å². The number of benzene rings is 5. The lowest BCUT2D eigenvalue weighted by molar-refractivity contribution is 0.464. The van der Waals surface area contributed by atoms with Gasteiger partial charge in [0.05, 0.1) is 11.6 Å². The third-order valence-corrected chi connectivity index (χ3v) is 7.52. The minimum Gasteiger partial charge on any atom is -0.458 e. The van der Waals surface area contributed by atoms with E-state index in [-0.39, 0.29) is 6.71 Å². The molecule has 174 valence electrons. The molecule has 2 aliphatic rings. The highest BCUT2D eigenvalue weighted by molar-refractivity contribution is 6.98. The molecule has 7 rings (SSSR count). The van der Waals surface area contributed by atoms with Crippen molar-refractivity contribution < 1.29 is 9.47 Å². The van der Waals surface area contributed by atoms with Gasteiger partial charge in [-0.05, 0) is 82.4 Å². The first kappa shape index (κ1) is 21.5. The van der Waals surface area contributed by atoms with Crippen molar-refractivity contribution >= 4 is 23.1 Å². The van der Waals surface area contributed by atoms with Crippen LogP contribution in [0, 0.1) is 25.2 Å². The second-order valence-electron chi connectivity index (χ2n) is 9.77. The monoisotopic (exact) mass is 475 g/mol. The Balaban J connectivity index is 1.43. The molecule has 0 unspecified atom stereocenters. The third-order valence-electron chi connectivity index (χ3n) is 7.52. The largest absolute Gasteiger partial charge is 0.458 e. The van der Waals surface area contributed by atoms with Gasteiger partial charge in [-0.1, -0.05) is 72.8 Å². The van der Waals surface area contributed by atoms with Crippen molar-refractivity contribution in [2.24, 2.45) is 0 Å². The second kappa shape index (κ2) is 8.15. The van der Waals surface area contributed by atoms with Crippen molar-refractivity contribution in [2.45, 2.75) is 13.8 Å². The quantitative estimate of drug-likeness (QED) is 0.278. The SMILES string of the molecule is Cc1ccccc1-c1ccc2c(c1)Oc1cc(C#N)cc3c1B2c1ccc(-c2ccccc2C)cc1O3. The number of fused-ring (bicyclic) bond motifs is 4. The Hall–Kier alpha value is -4.75. The summed E-state index contributed by atoms with van der Waals surface area (Å²) in [6.07, 6.45) is 0. The molecule has 0 bridgehead atoms. The van der Waals surface area contributed by atoms with Crippen molar-refractivity contribution in [1.82, 2.24) is 0 Å². The van der Waals surface area contributed by atoms with Gasteiger partial charge in [-0.15, -0.1) is 0 Å². The van der Waals surface area contributed by atoms with E-state index in [4.69, 9.17) is 9.47 Å². The van der Waals surface area contributed by atoms with Gasteiger partial charge < -0.3 is 9.47 Å². The minimum absolute atomic E-state index is 0.0397. The maximum Gasteiger partial charge on any atom is 0.260 e. The summed E-state index contributed by atoms with van der Waals surface area (Å²) >= 11 is 0. The molecule has 5 aromatic rings. The zero-order valence-electron chi connectivity index (χ0n) is 20.6. The van der Waals surface area contributed by atoms with Gasteiger partial charge in [0, 0.05) is 5.46 Å². The third kappa shape index (κ3) is 3.36. The van der Waals surface area contributed by atoms with Crippen LogP contribution in [0.5, 0.6) is 23.0 Å². The Morgan fingerprint density at radius 2 is 1.08 bits per heavy atom. The fraction of sp³-hybridized carbons (Fsp3) is 0.0606. The van der Waals surface area contributed by atoms with Crippen LogP contribution in [0.25, 0.3) is 22.3 Å². The molecule has 0 saturated carbocycles. The smallest absolute Gasteiger partial charge is 0.260 e. The molecular weight excluding hydrogens is 453 g/mol. The molecule has 5 aromatic carbocycles. The summed E-state index contributed by atoms with van der Waals surface area (Å²) < 4.78 is 12.9. The fourth-order valence-corrected chi connectivity index (χ4v) is 5.69. The maximum absolute atomic E-state index is 9.72. The van der Waals surface area contributed by atoms with E-state index in [2.05, 4.69) is 105 Å². The molecule has 2 heterocycles. The van der Waals surface area contributed by atoms with E-state index in [0.717, 1.165) is 39.0 Å². The van der Waals surface area contributed by atoms with Crippen molar-refractivity contribution in [2.75, 3.05) is 0 Å². The van der Waals surface area contributed by atoms with Gasteiger partial charge in [0.15, 0.2) is 0 Å². The van der Waals surface area contributed by atoms with Crippen LogP contribution < -0.4 is 25.9 Å². The Kier molecular flexibility index (Phi) is 4.74. The summed E-state index contributed by atoms with van der Waals surface area (Å²) in [6, 6.07) is 35.6. The molecule has 0 radical (unpaired) electrons. The topological polar surface area (TPSA) is 42.2 Å². The molecule has 2 aliphatic heterocycles. The first-order valence-corrected chi connectivity index (χ1v) is 12.4. The molecule has 0 fully saturated rings. The minimum atomic E-state index is -0.0397. The molecule has 4 heteroatoms. The predicted octanol–water partition coefficient (Wildman–Crippen LogP) is 6.24. The Morgan fingerprint density at radius 1 is 0.595 bits per heavy atom. The normalized spacial score (nSPS) is 12.4. The summed E-state index contributed by atoms with van der Waals surface area (Å²) in [7, 11) is 0. The number of hydrogen-bond donors (Lipinski definition) is 0. The van der Waals surface area contributed by atoms with Crippen LogP contribution in [-0.4, -0.2) is 6.71 Å². The van der Waals surface area contributed by atoms with Gasteiger partial charge in [0.2, 0.25) is 0 Å². The van der Waals surface area contributed by atoms with E-state index in [9.17, 15) is 5.26 Å². The van der Waals surface area contributed by atoms with Crippen LogP contribution in [0.1, 0.15) is 16.7 Å². The molecule has 0 aliphatic carbocycles. The number of nitrogens with zero attached hydrogens (tertiary/aromatic N) is 1. The number of rotatable bonds is 2. The van der Waals surface area contributed by atoms with Crippen LogP contribution in [0.15, 0.2) is 97.1 Å². The van der Waals surface area contributed by atoms with Crippen LogP contribution in [-0.2, 0) is 0 Å². The zero-order valence-corrected chi connectivity index (χ0v) is 20.6. The lowest BCUT2D eigenvalue weighted by Gasteiger charge is -2.33. The summed E-state index contributed by atoms with van der Waals surface area (Å²) in [5, 5.41) is 9.72. The average Bonchev–Trinajstić information content (AvgIpc) is 2.92. The maximum atomic E-state index is 9.72. The van der Waals surface area contributed by atoms with Crippen molar-refractivity contribution in [3.8, 4) is 51.3 Å². The van der Waals surface area contributed by atoms with Crippen LogP contribution in [0.4, 0.5) is 0 Å². The highest BCUT2D eigenvalue weighted by atomic mass is 16.5. The van der Waals surface area contributed by atoms with E-state index in [0.29, 0.717) is 17.1 Å². The number of nitriles is 1. The van der Waals surface area contributed by atoms with E-state index in [1.54, 1.807) is 0 Å². The fourth-order valence-electron chi connectivity index (χ4n) is 5.69. The molecule has 0 saturated heterocycles. The van der Waals surface area contributed by atoms with E-state index < -0.39 is 0 Å². The molecule has 0 aromatic heterocycles. The highest BCUT2D eigenvalue weighted by Gasteiger charge is 2.40. The Bertz CT molecular complexity index is 1660. The van der Waals surface area contributed by atoms with Crippen molar-refractivity contribution in [3.63, 3.8) is 0 Å². The van der Waals surface area contributed by atoms with Crippen LogP contribution in [0.2, 0.25) is 0 Å². The highest BCUT2D eigenvalue weighted by Crippen LogP contribution is 2.38. The first-order chi connectivity index (χ1) is 18.1. The van der Waals surface area contributed by atoms with Crippen molar-refractivity contribution in [1.29, 1.82) is 5.26 Å². The summed E-state index contributed by atoms with van der Waals surface area (Å²) in [4.78, 5) is 0. The lowest BCUT2D eigenvalue weighted by atomic mass is 9.34. The van der Waals surface area contributed by atoms with Gasteiger partial charge in [-0.2, -0.15) is 5.26 Å². The Morgan fingerprint density at radius 3 is 1.54 bits per heavy atom. The molecule has 0 spiro atoms. The van der Waals surface area contributed by atoms with Gasteiger partial charge in [-0.25, -0.2) is 0 Å². The van der Waals surface area contributed by atoms with Gasteiger partial charge in [0.1, 0.15) is 23.0 Å². The molecule has 0 N–H and O–H groups in total. The Labute approximate surface area is 216 Å². The molecular formula is C33H22BNO2. The average molecular weight is 475 g/mol. The predicted molar refractivity (Wildman–Crippen MR) is 149 cm³/mol. The first-order valence-electron chi connectivity index (χ1n) is 12.4.